The summed E-state index contributed by atoms with van der Waals surface area (Å²) < 4.78 is 2.26. The maximum absolute atomic E-state index is 6.10. The van der Waals surface area contributed by atoms with Crippen LogP contribution < -0.4 is 0 Å². The summed E-state index contributed by atoms with van der Waals surface area (Å²) in [6.07, 6.45) is 0.887. The average Bonchev–Trinajstić information content (AvgIpc) is 2.85. The molecule has 0 aliphatic carbocycles. The SMILES string of the molecule is CCc1nc2cc(Cl)ccc2c2cc3ccccc3n12. The van der Waals surface area contributed by atoms with Crippen molar-refractivity contribution in [3.8, 4) is 0 Å². The summed E-state index contributed by atoms with van der Waals surface area (Å²) in [6, 6.07) is 16.6. The molecule has 0 amide bonds. The first-order valence-electron chi connectivity index (χ1n) is 6.76. The fourth-order valence-electron chi connectivity index (χ4n) is 2.87. The highest BCUT2D eigenvalue weighted by molar-refractivity contribution is 6.31. The van der Waals surface area contributed by atoms with E-state index in [1.807, 2.05) is 12.1 Å². The molecular weight excluding hydrogens is 268 g/mol. The molecule has 98 valence electrons. The minimum atomic E-state index is 0.729. The summed E-state index contributed by atoms with van der Waals surface area (Å²) in [6.45, 7) is 2.13. The van der Waals surface area contributed by atoms with E-state index in [2.05, 4.69) is 47.7 Å². The van der Waals surface area contributed by atoms with Gasteiger partial charge in [-0.15, -0.1) is 0 Å². The lowest BCUT2D eigenvalue weighted by atomic mass is 10.2. The topological polar surface area (TPSA) is 17.3 Å². The summed E-state index contributed by atoms with van der Waals surface area (Å²) in [5.74, 6) is 1.07. The summed E-state index contributed by atoms with van der Waals surface area (Å²) in [5, 5.41) is 3.11. The molecule has 0 aliphatic rings. The molecule has 2 nitrogen and oxygen atoms in total. The zero-order valence-electron chi connectivity index (χ0n) is 11.1. The van der Waals surface area contributed by atoms with Crippen molar-refractivity contribution in [1.82, 2.24) is 9.38 Å². The largest absolute Gasteiger partial charge is 0.297 e. The van der Waals surface area contributed by atoms with Gasteiger partial charge in [-0.1, -0.05) is 36.7 Å². The average molecular weight is 281 g/mol. The maximum atomic E-state index is 6.10. The Bertz CT molecular complexity index is 953. The summed E-state index contributed by atoms with van der Waals surface area (Å²) in [4.78, 5) is 4.78. The molecule has 0 saturated carbocycles. The van der Waals surface area contributed by atoms with E-state index in [1.54, 1.807) is 0 Å². The Labute approximate surface area is 121 Å². The van der Waals surface area contributed by atoms with Crippen LogP contribution in [0.25, 0.3) is 27.3 Å². The Balaban J connectivity index is 2.31. The minimum Gasteiger partial charge on any atom is -0.297 e. The molecule has 4 aromatic rings. The molecule has 20 heavy (non-hydrogen) atoms. The van der Waals surface area contributed by atoms with Crippen LogP contribution in [0.3, 0.4) is 0 Å². The van der Waals surface area contributed by atoms with Crippen LogP contribution in [0.2, 0.25) is 5.02 Å². The number of hydrogen-bond acceptors (Lipinski definition) is 1. The fraction of sp³-hybridized carbons (Fsp3) is 0.118. The van der Waals surface area contributed by atoms with Gasteiger partial charge in [0.05, 0.1) is 16.6 Å². The predicted molar refractivity (Wildman–Crippen MR) is 84.6 cm³/mol. The molecule has 2 aromatic carbocycles. The molecule has 0 N–H and O–H groups in total. The number of aryl methyl sites for hydroxylation is 1. The number of para-hydroxylation sites is 1. The molecule has 2 aromatic heterocycles. The van der Waals surface area contributed by atoms with E-state index in [4.69, 9.17) is 16.6 Å². The van der Waals surface area contributed by atoms with Gasteiger partial charge in [-0.05, 0) is 30.3 Å². The number of halogens is 1. The molecule has 0 atom stereocenters. The Kier molecular flexibility index (Phi) is 2.48. The molecule has 0 bridgehead atoms. The lowest BCUT2D eigenvalue weighted by Gasteiger charge is -2.08. The van der Waals surface area contributed by atoms with Gasteiger partial charge in [-0.3, -0.25) is 4.40 Å². The highest BCUT2D eigenvalue weighted by Gasteiger charge is 2.11. The lowest BCUT2D eigenvalue weighted by molar-refractivity contribution is 0.934. The quantitative estimate of drug-likeness (QED) is 0.487. The van der Waals surface area contributed by atoms with Gasteiger partial charge in [0.25, 0.3) is 0 Å². The van der Waals surface area contributed by atoms with Crippen molar-refractivity contribution >= 4 is 38.9 Å². The number of nitrogens with zero attached hydrogens (tertiary/aromatic N) is 2. The second kappa shape index (κ2) is 4.22. The van der Waals surface area contributed by atoms with E-state index in [0.717, 1.165) is 28.2 Å². The van der Waals surface area contributed by atoms with E-state index in [-0.39, 0.29) is 0 Å². The number of fused-ring (bicyclic) bond motifs is 5. The smallest absolute Gasteiger partial charge is 0.114 e. The molecule has 0 spiro atoms. The monoisotopic (exact) mass is 280 g/mol. The van der Waals surface area contributed by atoms with E-state index in [0.29, 0.717) is 0 Å². The van der Waals surface area contributed by atoms with Crippen LogP contribution in [0, 0.1) is 0 Å². The van der Waals surface area contributed by atoms with Crippen molar-refractivity contribution in [2.75, 3.05) is 0 Å². The molecule has 0 fully saturated rings. The van der Waals surface area contributed by atoms with Gasteiger partial charge in [-0.2, -0.15) is 0 Å². The minimum absolute atomic E-state index is 0.729. The number of rotatable bonds is 1. The zero-order chi connectivity index (χ0) is 13.7. The first-order valence-corrected chi connectivity index (χ1v) is 7.14. The van der Waals surface area contributed by atoms with Gasteiger partial charge in [0.1, 0.15) is 5.82 Å². The Morgan fingerprint density at radius 3 is 2.75 bits per heavy atom. The maximum Gasteiger partial charge on any atom is 0.114 e. The first-order chi connectivity index (χ1) is 9.78. The van der Waals surface area contributed by atoms with Crippen LogP contribution >= 0.6 is 11.6 Å². The standard InChI is InChI=1S/C17H13ClN2/c1-2-17-19-14-10-12(18)7-8-13(14)16-9-11-5-3-4-6-15(11)20(16)17/h3-10H,2H2,1H3. The van der Waals surface area contributed by atoms with Gasteiger partial charge in [0, 0.05) is 22.2 Å². The van der Waals surface area contributed by atoms with Crippen molar-refractivity contribution in [2.45, 2.75) is 13.3 Å². The molecule has 3 heteroatoms. The van der Waals surface area contributed by atoms with Gasteiger partial charge in [-0.25, -0.2) is 4.98 Å². The number of hydrogen-bond donors (Lipinski definition) is 0. The van der Waals surface area contributed by atoms with Gasteiger partial charge < -0.3 is 0 Å². The molecule has 0 unspecified atom stereocenters. The molecular formula is C17H13ClN2. The molecule has 0 aliphatic heterocycles. The van der Waals surface area contributed by atoms with E-state index < -0.39 is 0 Å². The van der Waals surface area contributed by atoms with Gasteiger partial charge in [0.15, 0.2) is 0 Å². The zero-order valence-corrected chi connectivity index (χ0v) is 11.9. The van der Waals surface area contributed by atoms with Crippen LogP contribution in [-0.2, 0) is 6.42 Å². The van der Waals surface area contributed by atoms with Crippen LogP contribution in [0.1, 0.15) is 12.7 Å². The Hall–Kier alpha value is -2.06. The third-order valence-electron chi connectivity index (χ3n) is 3.77. The van der Waals surface area contributed by atoms with Gasteiger partial charge >= 0.3 is 0 Å². The molecule has 0 radical (unpaired) electrons. The number of aromatic nitrogens is 2. The Morgan fingerprint density at radius 2 is 1.90 bits per heavy atom. The number of benzene rings is 2. The highest BCUT2D eigenvalue weighted by atomic mass is 35.5. The van der Waals surface area contributed by atoms with E-state index in [1.165, 1.54) is 16.4 Å². The Morgan fingerprint density at radius 1 is 1.05 bits per heavy atom. The lowest BCUT2D eigenvalue weighted by Crippen LogP contribution is -2.00. The highest BCUT2D eigenvalue weighted by Crippen LogP contribution is 2.28. The van der Waals surface area contributed by atoms with Crippen molar-refractivity contribution in [2.24, 2.45) is 0 Å². The third-order valence-corrected chi connectivity index (χ3v) is 4.01. The normalized spacial score (nSPS) is 11.7. The van der Waals surface area contributed by atoms with Crippen LogP contribution in [-0.4, -0.2) is 9.38 Å². The van der Waals surface area contributed by atoms with Crippen molar-refractivity contribution in [1.29, 1.82) is 0 Å². The summed E-state index contributed by atoms with van der Waals surface area (Å²) in [7, 11) is 0. The van der Waals surface area contributed by atoms with E-state index >= 15 is 0 Å². The summed E-state index contributed by atoms with van der Waals surface area (Å²) >= 11 is 6.10. The van der Waals surface area contributed by atoms with Crippen molar-refractivity contribution in [3.63, 3.8) is 0 Å². The molecule has 4 rings (SSSR count). The second-order valence-electron chi connectivity index (χ2n) is 4.97. The first kappa shape index (κ1) is 11.7. The van der Waals surface area contributed by atoms with Crippen LogP contribution in [0.15, 0.2) is 48.5 Å². The van der Waals surface area contributed by atoms with Crippen molar-refractivity contribution < 1.29 is 0 Å². The predicted octanol–water partition coefficient (Wildman–Crippen LogP) is 4.86. The fourth-order valence-corrected chi connectivity index (χ4v) is 3.04. The van der Waals surface area contributed by atoms with E-state index in [9.17, 15) is 0 Å². The van der Waals surface area contributed by atoms with Crippen LogP contribution in [0.4, 0.5) is 0 Å². The van der Waals surface area contributed by atoms with Crippen LogP contribution in [0.5, 0.6) is 0 Å². The van der Waals surface area contributed by atoms with Gasteiger partial charge in [0.2, 0.25) is 0 Å². The van der Waals surface area contributed by atoms with Crippen molar-refractivity contribution in [3.05, 3.63) is 59.4 Å². The molecule has 2 heterocycles. The summed E-state index contributed by atoms with van der Waals surface area (Å²) in [5.41, 5.74) is 3.37. The molecule has 0 saturated heterocycles. The third kappa shape index (κ3) is 1.55. The second-order valence-corrected chi connectivity index (χ2v) is 5.40.